The zero-order valence-corrected chi connectivity index (χ0v) is 17.8. The molecule has 2 aromatic heterocycles. The van der Waals surface area contributed by atoms with Gasteiger partial charge < -0.3 is 14.1 Å². The van der Waals surface area contributed by atoms with E-state index in [2.05, 4.69) is 5.10 Å². The molecule has 0 fully saturated rings. The van der Waals surface area contributed by atoms with Crippen molar-refractivity contribution >= 4 is 16.9 Å². The molecule has 0 unspecified atom stereocenters. The molecule has 1 aromatic carbocycles. The molecule has 0 aliphatic heterocycles. The zero-order chi connectivity index (χ0) is 21.3. The van der Waals surface area contributed by atoms with Gasteiger partial charge in [-0.25, -0.2) is 4.79 Å². The van der Waals surface area contributed by atoms with Crippen molar-refractivity contribution in [1.29, 1.82) is 0 Å². The smallest absolute Gasteiger partial charge is 0.339 e. The van der Waals surface area contributed by atoms with Gasteiger partial charge in [0.25, 0.3) is 5.91 Å². The first-order chi connectivity index (χ1) is 13.7. The number of aromatic nitrogens is 2. The monoisotopic (exact) mass is 397 g/mol. The van der Waals surface area contributed by atoms with Gasteiger partial charge in [-0.2, -0.15) is 5.10 Å². The van der Waals surface area contributed by atoms with Crippen molar-refractivity contribution in [1.82, 2.24) is 14.7 Å². The number of amides is 1. The summed E-state index contributed by atoms with van der Waals surface area (Å²) in [7, 11) is 1.75. The van der Waals surface area contributed by atoms with Crippen LogP contribution in [-0.2, 0) is 17.9 Å². The third kappa shape index (κ3) is 4.04. The Morgan fingerprint density at radius 2 is 1.93 bits per heavy atom. The molecule has 0 aliphatic rings. The molecular formula is C22H27N3O4. The van der Waals surface area contributed by atoms with Gasteiger partial charge in [-0.05, 0) is 57.9 Å². The van der Waals surface area contributed by atoms with Gasteiger partial charge in [0.1, 0.15) is 11.3 Å². The second kappa shape index (κ2) is 8.11. The number of aryl methyl sites for hydroxylation is 3. The molecular weight excluding hydrogens is 370 g/mol. The summed E-state index contributed by atoms with van der Waals surface area (Å²) in [5.41, 5.74) is 4.41. The van der Waals surface area contributed by atoms with E-state index in [4.69, 9.17) is 9.15 Å². The number of likely N-dealkylation sites (N-methyl/N-ethyl adjacent to an activating group) is 1. The van der Waals surface area contributed by atoms with E-state index < -0.39 is 0 Å². The summed E-state index contributed by atoms with van der Waals surface area (Å²) in [6.07, 6.45) is 1.80. The van der Waals surface area contributed by atoms with E-state index >= 15 is 0 Å². The standard InChI is InChI=1S/C22H27N3O4/c1-7-25-16(5)17(10-23-25)11-24(6)20(26)12-28-18-8-13(2)9-19-21(18)14(3)15(4)22(27)29-19/h8-10H,7,11-12H2,1-6H3. The first-order valence-corrected chi connectivity index (χ1v) is 9.65. The fourth-order valence-electron chi connectivity index (χ4n) is 3.35. The van der Waals surface area contributed by atoms with Crippen LogP contribution in [0.1, 0.15) is 34.9 Å². The van der Waals surface area contributed by atoms with Crippen molar-refractivity contribution in [3.05, 3.63) is 56.7 Å². The number of ether oxygens (including phenoxy) is 1. The van der Waals surface area contributed by atoms with Gasteiger partial charge >= 0.3 is 5.63 Å². The predicted octanol–water partition coefficient (Wildman–Crippen LogP) is 3.28. The highest BCUT2D eigenvalue weighted by Crippen LogP contribution is 2.30. The molecule has 29 heavy (non-hydrogen) atoms. The van der Waals surface area contributed by atoms with Crippen molar-refractivity contribution < 1.29 is 13.9 Å². The lowest BCUT2D eigenvalue weighted by Gasteiger charge is -2.18. The maximum Gasteiger partial charge on any atom is 0.339 e. The SMILES string of the molecule is CCn1ncc(CN(C)C(=O)COc2cc(C)cc3oc(=O)c(C)c(C)c23)c1C. The first kappa shape index (κ1) is 20.6. The van der Waals surface area contributed by atoms with Gasteiger partial charge in [0.15, 0.2) is 6.61 Å². The Labute approximate surface area is 169 Å². The third-order valence-corrected chi connectivity index (χ3v) is 5.35. The number of hydrogen-bond acceptors (Lipinski definition) is 5. The average molecular weight is 397 g/mol. The van der Waals surface area contributed by atoms with E-state index in [-0.39, 0.29) is 18.1 Å². The highest BCUT2D eigenvalue weighted by atomic mass is 16.5. The van der Waals surface area contributed by atoms with Crippen LogP contribution >= 0.6 is 0 Å². The zero-order valence-electron chi connectivity index (χ0n) is 17.8. The lowest BCUT2D eigenvalue weighted by atomic mass is 10.0. The number of rotatable bonds is 6. The Bertz CT molecular complexity index is 1130. The van der Waals surface area contributed by atoms with Crippen molar-refractivity contribution in [2.45, 2.75) is 47.7 Å². The van der Waals surface area contributed by atoms with Gasteiger partial charge in [0.2, 0.25) is 0 Å². The first-order valence-electron chi connectivity index (χ1n) is 9.65. The Morgan fingerprint density at radius 1 is 1.21 bits per heavy atom. The number of carbonyl (C=O) groups excluding carboxylic acids is 1. The number of carbonyl (C=O) groups is 1. The molecule has 2 heterocycles. The highest BCUT2D eigenvalue weighted by Gasteiger charge is 2.17. The van der Waals surface area contributed by atoms with Gasteiger partial charge in [0, 0.05) is 37.0 Å². The minimum atomic E-state index is -0.356. The quantitative estimate of drug-likeness (QED) is 0.597. The van der Waals surface area contributed by atoms with Crippen LogP contribution in [0.25, 0.3) is 11.0 Å². The van der Waals surface area contributed by atoms with Crippen LogP contribution in [0.3, 0.4) is 0 Å². The van der Waals surface area contributed by atoms with Crippen LogP contribution < -0.4 is 10.4 Å². The molecule has 3 aromatic rings. The third-order valence-electron chi connectivity index (χ3n) is 5.35. The normalized spacial score (nSPS) is 11.1. The van der Waals surface area contributed by atoms with E-state index in [9.17, 15) is 9.59 Å². The van der Waals surface area contributed by atoms with Crippen LogP contribution in [0, 0.1) is 27.7 Å². The molecule has 0 saturated heterocycles. The fourth-order valence-corrected chi connectivity index (χ4v) is 3.35. The molecule has 154 valence electrons. The molecule has 1 amide bonds. The summed E-state index contributed by atoms with van der Waals surface area (Å²) in [5.74, 6) is 0.399. The van der Waals surface area contributed by atoms with Gasteiger partial charge in [-0.1, -0.05) is 0 Å². The molecule has 0 N–H and O–H groups in total. The average Bonchev–Trinajstić information content (AvgIpc) is 3.03. The second-order valence-corrected chi connectivity index (χ2v) is 7.39. The van der Waals surface area contributed by atoms with Gasteiger partial charge in [-0.15, -0.1) is 0 Å². The van der Waals surface area contributed by atoms with Gasteiger partial charge in [0.05, 0.1) is 11.6 Å². The van der Waals surface area contributed by atoms with Crippen LogP contribution in [0.5, 0.6) is 5.75 Å². The lowest BCUT2D eigenvalue weighted by Crippen LogP contribution is -2.31. The maximum absolute atomic E-state index is 12.6. The number of hydrogen-bond donors (Lipinski definition) is 0. The molecule has 0 atom stereocenters. The molecule has 7 nitrogen and oxygen atoms in total. The molecule has 0 aliphatic carbocycles. The largest absolute Gasteiger partial charge is 0.483 e. The minimum absolute atomic E-state index is 0.104. The summed E-state index contributed by atoms with van der Waals surface area (Å²) in [5, 5.41) is 5.05. The molecule has 0 saturated carbocycles. The Hall–Kier alpha value is -3.09. The van der Waals surface area contributed by atoms with E-state index in [1.807, 2.05) is 38.4 Å². The lowest BCUT2D eigenvalue weighted by molar-refractivity contribution is -0.132. The van der Waals surface area contributed by atoms with Crippen molar-refractivity contribution in [3.63, 3.8) is 0 Å². The number of nitrogens with zero attached hydrogens (tertiary/aromatic N) is 3. The highest BCUT2D eigenvalue weighted by molar-refractivity contribution is 5.88. The minimum Gasteiger partial charge on any atom is -0.483 e. The Kier molecular flexibility index (Phi) is 5.77. The van der Waals surface area contributed by atoms with Crippen LogP contribution in [-0.4, -0.2) is 34.2 Å². The summed E-state index contributed by atoms with van der Waals surface area (Å²) in [6.45, 7) is 10.7. The summed E-state index contributed by atoms with van der Waals surface area (Å²) in [4.78, 5) is 26.2. The van der Waals surface area contributed by atoms with Crippen molar-refractivity contribution in [3.8, 4) is 5.75 Å². The van der Waals surface area contributed by atoms with Crippen LogP contribution in [0.2, 0.25) is 0 Å². The Balaban J connectivity index is 1.79. The van der Waals surface area contributed by atoms with Crippen molar-refractivity contribution in [2.24, 2.45) is 0 Å². The van der Waals surface area contributed by atoms with E-state index in [1.54, 1.807) is 31.1 Å². The number of fused-ring (bicyclic) bond motifs is 1. The van der Waals surface area contributed by atoms with E-state index in [0.717, 1.165) is 34.3 Å². The summed E-state index contributed by atoms with van der Waals surface area (Å²) in [6, 6.07) is 3.66. The number of benzene rings is 1. The predicted molar refractivity (Wildman–Crippen MR) is 111 cm³/mol. The Morgan fingerprint density at radius 3 is 2.59 bits per heavy atom. The van der Waals surface area contributed by atoms with Crippen molar-refractivity contribution in [2.75, 3.05) is 13.7 Å². The molecule has 3 rings (SSSR count). The van der Waals surface area contributed by atoms with Crippen LogP contribution in [0.15, 0.2) is 27.5 Å². The maximum atomic E-state index is 12.6. The topological polar surface area (TPSA) is 77.6 Å². The molecule has 0 spiro atoms. The van der Waals surface area contributed by atoms with Crippen LogP contribution in [0.4, 0.5) is 0 Å². The summed E-state index contributed by atoms with van der Waals surface area (Å²) >= 11 is 0. The molecule has 7 heteroatoms. The molecule has 0 bridgehead atoms. The summed E-state index contributed by atoms with van der Waals surface area (Å²) < 4.78 is 13.2. The fraction of sp³-hybridized carbons (Fsp3) is 0.409. The second-order valence-electron chi connectivity index (χ2n) is 7.39. The van der Waals surface area contributed by atoms with E-state index in [1.165, 1.54) is 0 Å². The van der Waals surface area contributed by atoms with Gasteiger partial charge in [-0.3, -0.25) is 9.48 Å². The molecule has 0 radical (unpaired) electrons. The van der Waals surface area contributed by atoms with E-state index in [0.29, 0.717) is 23.4 Å².